The van der Waals surface area contributed by atoms with Crippen LogP contribution < -0.4 is 5.32 Å². The Labute approximate surface area is 118 Å². The SMILES string of the molecule is O=C(O)CC1CCCCN1C(=O)NC1CCS(=O)(=O)C1. The molecule has 2 unspecified atom stereocenters. The van der Waals surface area contributed by atoms with Gasteiger partial charge in [-0.25, -0.2) is 13.2 Å². The molecule has 2 aliphatic rings. The van der Waals surface area contributed by atoms with Crippen LogP contribution in [0, 0.1) is 0 Å². The minimum absolute atomic E-state index is 0.0177. The Balaban J connectivity index is 1.94. The van der Waals surface area contributed by atoms with Gasteiger partial charge in [-0.2, -0.15) is 0 Å². The predicted molar refractivity (Wildman–Crippen MR) is 72.2 cm³/mol. The van der Waals surface area contributed by atoms with Gasteiger partial charge in [0.15, 0.2) is 9.84 Å². The van der Waals surface area contributed by atoms with Crippen LogP contribution in [0.3, 0.4) is 0 Å². The number of likely N-dealkylation sites (tertiary alicyclic amines) is 1. The maximum atomic E-state index is 12.2. The number of carbonyl (C=O) groups is 2. The molecule has 0 saturated carbocycles. The Morgan fingerprint density at radius 3 is 2.60 bits per heavy atom. The second-order valence-electron chi connectivity index (χ2n) is 5.49. The molecule has 114 valence electrons. The van der Waals surface area contributed by atoms with Crippen molar-refractivity contribution >= 4 is 21.8 Å². The van der Waals surface area contributed by atoms with Gasteiger partial charge in [0, 0.05) is 18.6 Å². The van der Waals surface area contributed by atoms with E-state index in [4.69, 9.17) is 5.11 Å². The molecule has 0 spiro atoms. The molecule has 0 bridgehead atoms. The van der Waals surface area contributed by atoms with Gasteiger partial charge in [-0.05, 0) is 25.7 Å². The van der Waals surface area contributed by atoms with Gasteiger partial charge in [0.2, 0.25) is 0 Å². The van der Waals surface area contributed by atoms with Gasteiger partial charge in [-0.1, -0.05) is 0 Å². The average Bonchev–Trinajstić information content (AvgIpc) is 2.68. The minimum atomic E-state index is -3.03. The third kappa shape index (κ3) is 3.84. The third-order valence-electron chi connectivity index (χ3n) is 3.86. The van der Waals surface area contributed by atoms with E-state index in [1.165, 1.54) is 0 Å². The van der Waals surface area contributed by atoms with Gasteiger partial charge >= 0.3 is 12.0 Å². The van der Waals surface area contributed by atoms with Crippen molar-refractivity contribution in [2.75, 3.05) is 18.1 Å². The molecule has 2 saturated heterocycles. The highest BCUT2D eigenvalue weighted by Crippen LogP contribution is 2.20. The average molecular weight is 304 g/mol. The van der Waals surface area contributed by atoms with Gasteiger partial charge in [-0.15, -0.1) is 0 Å². The molecule has 20 heavy (non-hydrogen) atoms. The lowest BCUT2D eigenvalue weighted by molar-refractivity contribution is -0.138. The Kier molecular flexibility index (Phi) is 4.52. The maximum absolute atomic E-state index is 12.2. The minimum Gasteiger partial charge on any atom is -0.481 e. The molecule has 8 heteroatoms. The van der Waals surface area contributed by atoms with E-state index in [9.17, 15) is 18.0 Å². The van der Waals surface area contributed by atoms with Gasteiger partial charge in [0.1, 0.15) is 0 Å². The van der Waals surface area contributed by atoms with Gasteiger partial charge < -0.3 is 15.3 Å². The number of rotatable bonds is 3. The number of carboxylic acid groups (broad SMARTS) is 1. The summed E-state index contributed by atoms with van der Waals surface area (Å²) in [4.78, 5) is 24.6. The fourth-order valence-electron chi connectivity index (χ4n) is 2.85. The first kappa shape index (κ1) is 15.1. The largest absolute Gasteiger partial charge is 0.481 e. The first-order chi connectivity index (χ1) is 9.37. The molecule has 0 radical (unpaired) electrons. The van der Waals surface area contributed by atoms with Crippen LogP contribution in [0.15, 0.2) is 0 Å². The molecule has 0 aromatic heterocycles. The lowest BCUT2D eigenvalue weighted by Crippen LogP contribution is -2.52. The van der Waals surface area contributed by atoms with Crippen molar-refractivity contribution in [1.82, 2.24) is 10.2 Å². The fraction of sp³-hybridized carbons (Fsp3) is 0.833. The van der Waals surface area contributed by atoms with Crippen molar-refractivity contribution in [3.8, 4) is 0 Å². The lowest BCUT2D eigenvalue weighted by Gasteiger charge is -2.35. The quantitative estimate of drug-likeness (QED) is 0.776. The smallest absolute Gasteiger partial charge is 0.317 e. The number of carboxylic acids is 1. The van der Waals surface area contributed by atoms with Gasteiger partial charge in [0.25, 0.3) is 0 Å². The Bertz CT molecular complexity index is 490. The zero-order valence-corrected chi connectivity index (χ0v) is 12.1. The molecule has 2 fully saturated rings. The van der Waals surface area contributed by atoms with E-state index in [1.54, 1.807) is 4.90 Å². The molecule has 2 amide bonds. The summed E-state index contributed by atoms with van der Waals surface area (Å²) in [5.41, 5.74) is 0. The first-order valence-electron chi connectivity index (χ1n) is 6.87. The Hall–Kier alpha value is -1.31. The molecule has 2 aliphatic heterocycles. The topological polar surface area (TPSA) is 104 Å². The second-order valence-corrected chi connectivity index (χ2v) is 7.72. The zero-order chi connectivity index (χ0) is 14.8. The molecular weight excluding hydrogens is 284 g/mol. The Morgan fingerprint density at radius 1 is 1.25 bits per heavy atom. The van der Waals surface area contributed by atoms with Crippen LogP contribution >= 0.6 is 0 Å². The van der Waals surface area contributed by atoms with E-state index in [0.717, 1.165) is 12.8 Å². The summed E-state index contributed by atoms with van der Waals surface area (Å²) in [5, 5.41) is 11.6. The summed E-state index contributed by atoms with van der Waals surface area (Å²) in [6.07, 6.45) is 2.83. The number of sulfone groups is 1. The molecule has 7 nitrogen and oxygen atoms in total. The lowest BCUT2D eigenvalue weighted by atomic mass is 10.00. The van der Waals surface area contributed by atoms with E-state index in [0.29, 0.717) is 19.4 Å². The van der Waals surface area contributed by atoms with Crippen LogP contribution in [-0.4, -0.2) is 60.6 Å². The molecule has 2 atom stereocenters. The van der Waals surface area contributed by atoms with Crippen molar-refractivity contribution in [1.29, 1.82) is 0 Å². The van der Waals surface area contributed by atoms with Crippen LogP contribution in [0.4, 0.5) is 4.79 Å². The summed E-state index contributed by atoms with van der Waals surface area (Å²) >= 11 is 0. The number of piperidine rings is 1. The van der Waals surface area contributed by atoms with Crippen molar-refractivity contribution in [2.45, 2.75) is 44.2 Å². The summed E-state index contributed by atoms with van der Waals surface area (Å²) in [6.45, 7) is 0.531. The molecule has 2 N–H and O–H groups in total. The Morgan fingerprint density at radius 2 is 2.00 bits per heavy atom. The highest BCUT2D eigenvalue weighted by atomic mass is 32.2. The van der Waals surface area contributed by atoms with Gasteiger partial charge in [-0.3, -0.25) is 4.79 Å². The van der Waals surface area contributed by atoms with Crippen LogP contribution in [0.25, 0.3) is 0 Å². The molecule has 0 aliphatic carbocycles. The normalized spacial score (nSPS) is 29.1. The first-order valence-corrected chi connectivity index (χ1v) is 8.69. The molecule has 0 aromatic rings. The van der Waals surface area contributed by atoms with Crippen molar-refractivity contribution in [3.63, 3.8) is 0 Å². The number of nitrogens with one attached hydrogen (secondary N) is 1. The monoisotopic (exact) mass is 304 g/mol. The number of aliphatic carboxylic acids is 1. The molecule has 2 heterocycles. The van der Waals surface area contributed by atoms with E-state index < -0.39 is 15.8 Å². The number of urea groups is 1. The van der Waals surface area contributed by atoms with E-state index >= 15 is 0 Å². The number of hydrogen-bond donors (Lipinski definition) is 2. The van der Waals surface area contributed by atoms with Crippen LogP contribution in [0.2, 0.25) is 0 Å². The summed E-state index contributed by atoms with van der Waals surface area (Å²) in [7, 11) is -3.03. The standard InChI is InChI=1S/C12H20N2O5S/c15-11(16)7-10-3-1-2-5-14(10)12(17)13-9-4-6-20(18,19)8-9/h9-10H,1-8H2,(H,13,17)(H,15,16). The van der Waals surface area contributed by atoms with E-state index in [2.05, 4.69) is 5.32 Å². The van der Waals surface area contributed by atoms with E-state index in [1.807, 2.05) is 0 Å². The van der Waals surface area contributed by atoms with Crippen LogP contribution in [0.5, 0.6) is 0 Å². The molecule has 0 aromatic carbocycles. The predicted octanol–water partition coefficient (Wildman–Crippen LogP) is 0.212. The summed E-state index contributed by atoms with van der Waals surface area (Å²) in [5.74, 6) is -0.828. The summed E-state index contributed by atoms with van der Waals surface area (Å²) in [6, 6.07) is -0.975. The molecule has 2 rings (SSSR count). The van der Waals surface area contributed by atoms with Crippen LogP contribution in [-0.2, 0) is 14.6 Å². The summed E-state index contributed by atoms with van der Waals surface area (Å²) < 4.78 is 22.7. The number of amides is 2. The van der Waals surface area contributed by atoms with Crippen molar-refractivity contribution in [2.24, 2.45) is 0 Å². The second kappa shape index (κ2) is 5.99. The van der Waals surface area contributed by atoms with E-state index in [-0.39, 0.29) is 36.0 Å². The fourth-order valence-corrected chi connectivity index (χ4v) is 4.52. The van der Waals surface area contributed by atoms with Gasteiger partial charge in [0.05, 0.1) is 17.9 Å². The van der Waals surface area contributed by atoms with Crippen molar-refractivity contribution in [3.05, 3.63) is 0 Å². The van der Waals surface area contributed by atoms with Crippen LogP contribution in [0.1, 0.15) is 32.1 Å². The highest BCUT2D eigenvalue weighted by molar-refractivity contribution is 7.91. The number of hydrogen-bond acceptors (Lipinski definition) is 4. The van der Waals surface area contributed by atoms with Crippen molar-refractivity contribution < 1.29 is 23.1 Å². The third-order valence-corrected chi connectivity index (χ3v) is 5.63. The molecular formula is C12H20N2O5S. The number of carbonyl (C=O) groups excluding carboxylic acids is 1. The maximum Gasteiger partial charge on any atom is 0.317 e. The highest BCUT2D eigenvalue weighted by Gasteiger charge is 2.33. The number of nitrogens with zero attached hydrogens (tertiary/aromatic N) is 1. The zero-order valence-electron chi connectivity index (χ0n) is 11.2.